The van der Waals surface area contributed by atoms with E-state index < -0.39 is 7.82 Å². The average Bonchev–Trinajstić information content (AvgIpc) is 3.10. The van der Waals surface area contributed by atoms with E-state index in [4.69, 9.17) is 19.2 Å². The molecule has 2 aromatic heterocycles. The van der Waals surface area contributed by atoms with E-state index in [9.17, 15) is 0 Å². The molecule has 0 aliphatic carbocycles. The van der Waals surface area contributed by atoms with Crippen LogP contribution in [0.3, 0.4) is 0 Å². The van der Waals surface area contributed by atoms with Crippen molar-refractivity contribution in [1.82, 2.24) is 9.13 Å². The predicted molar refractivity (Wildman–Crippen MR) is 90.9 cm³/mol. The van der Waals surface area contributed by atoms with Crippen LogP contribution >= 0.6 is 7.82 Å². The fraction of sp³-hybridized carbons (Fsp3) is 0.625. The zero-order chi connectivity index (χ0) is 19.3. The first kappa shape index (κ1) is 23.5. The Kier molecular flexibility index (Phi) is 12.1. The highest BCUT2D eigenvalue weighted by Gasteiger charge is 1.97. The molecule has 0 amide bonds. The average molecular weight is 374 g/mol. The van der Waals surface area contributed by atoms with Crippen LogP contribution in [0.15, 0.2) is 37.4 Å². The van der Waals surface area contributed by atoms with Crippen molar-refractivity contribution in [1.29, 1.82) is 0 Å². The third-order valence-corrected chi connectivity index (χ3v) is 3.19. The number of unbranched alkanes of at least 4 members (excludes halogenated alkanes) is 2. The monoisotopic (exact) mass is 374 g/mol. The van der Waals surface area contributed by atoms with Gasteiger partial charge in [-0.25, -0.2) is 18.3 Å². The molecule has 0 bridgehead atoms. The molecule has 0 saturated heterocycles. The van der Waals surface area contributed by atoms with Gasteiger partial charge in [0.05, 0.1) is 35.0 Å². The molecule has 0 aromatic carbocycles. The number of aromatic nitrogens is 4. The van der Waals surface area contributed by atoms with Gasteiger partial charge in [-0.2, -0.15) is 0 Å². The molecule has 144 valence electrons. The fourth-order valence-electron chi connectivity index (χ4n) is 1.95. The van der Waals surface area contributed by atoms with Crippen molar-refractivity contribution < 1.29 is 28.4 Å². The highest BCUT2D eigenvalue weighted by atomic mass is 31.2. The third-order valence-electron chi connectivity index (χ3n) is 3.19. The van der Waals surface area contributed by atoms with Crippen molar-refractivity contribution in [2.75, 3.05) is 0 Å². The first-order valence-corrected chi connectivity index (χ1v) is 9.92. The zero-order valence-electron chi connectivity index (χ0n) is 15.6. The van der Waals surface area contributed by atoms with E-state index in [1.165, 1.54) is 25.7 Å². The molecule has 0 aliphatic heterocycles. The molecule has 0 atom stereocenters. The number of hydrogen-bond acceptors (Lipinski definition) is 3. The summed E-state index contributed by atoms with van der Waals surface area (Å²) >= 11 is 0. The quantitative estimate of drug-likeness (QED) is 0.569. The van der Waals surface area contributed by atoms with Crippen LogP contribution in [0.2, 0.25) is 0 Å². The first-order chi connectivity index (χ1) is 11.7. The van der Waals surface area contributed by atoms with Gasteiger partial charge in [-0.15, -0.1) is 0 Å². The minimum Gasteiger partial charge on any atom is -0.790 e. The van der Waals surface area contributed by atoms with Crippen molar-refractivity contribution in [2.24, 2.45) is 14.1 Å². The number of aryl methyl sites for hydroxylation is 4. The Labute approximate surface area is 150 Å². The summed E-state index contributed by atoms with van der Waals surface area (Å²) < 4.78 is 17.2. The maximum absolute atomic E-state index is 8.66. The molecule has 1 N–H and O–H groups in total. The second-order valence-electron chi connectivity index (χ2n) is 5.81. The summed E-state index contributed by atoms with van der Waals surface area (Å²) in [6, 6.07) is 0. The lowest BCUT2D eigenvalue weighted by molar-refractivity contribution is -0.671. The molecule has 0 fully saturated rings. The summed E-state index contributed by atoms with van der Waals surface area (Å²) in [6.07, 6.45) is 17.6. The molecule has 8 nitrogen and oxygen atoms in total. The first-order valence-electron chi connectivity index (χ1n) is 8.42. The van der Waals surface area contributed by atoms with Gasteiger partial charge in [0.1, 0.15) is 24.8 Å². The van der Waals surface area contributed by atoms with Crippen molar-refractivity contribution in [3.8, 4) is 0 Å². The summed E-state index contributed by atoms with van der Waals surface area (Å²) in [5.41, 5.74) is 0. The summed E-state index contributed by atoms with van der Waals surface area (Å²) in [6.45, 7) is 6.72. The minimum absolute atomic E-state index is 1.15. The van der Waals surface area contributed by atoms with Gasteiger partial charge in [-0.3, -0.25) is 0 Å². The molecular weight excluding hydrogens is 343 g/mol. The lowest BCUT2D eigenvalue weighted by atomic mass is 10.3. The maximum atomic E-state index is 8.66. The van der Waals surface area contributed by atoms with Crippen LogP contribution in [0.4, 0.5) is 0 Å². The maximum Gasteiger partial charge on any atom is 0.243 e. The number of rotatable bonds is 6. The van der Waals surface area contributed by atoms with Gasteiger partial charge in [0.25, 0.3) is 0 Å². The number of hydrogen-bond donors (Lipinski definition) is 1. The molecule has 2 aromatic rings. The zero-order valence-corrected chi connectivity index (χ0v) is 16.5. The Morgan fingerprint density at radius 3 is 1.44 bits per heavy atom. The lowest BCUT2D eigenvalue weighted by Gasteiger charge is -2.19. The van der Waals surface area contributed by atoms with Gasteiger partial charge in [0, 0.05) is 0 Å². The smallest absolute Gasteiger partial charge is 0.243 e. The Hall–Kier alpha value is -1.47. The molecule has 9 heteroatoms. The predicted octanol–water partition coefficient (Wildman–Crippen LogP) is 0.0328. The Morgan fingerprint density at radius 1 is 0.920 bits per heavy atom. The SMILES string of the molecule is CCCCn1cc[n+](C)c1.CCCCn1cc[n+](C)c1.O=P([O-])([O-])O. The highest BCUT2D eigenvalue weighted by molar-refractivity contribution is 7.42. The molecule has 0 radical (unpaired) electrons. The Morgan fingerprint density at radius 2 is 1.24 bits per heavy atom. The van der Waals surface area contributed by atoms with E-state index in [1.807, 2.05) is 14.1 Å². The number of imidazole rings is 2. The van der Waals surface area contributed by atoms with Crippen molar-refractivity contribution in [3.05, 3.63) is 37.4 Å². The standard InChI is InChI=1S/2C8H15N2.H3O4P/c2*1-3-4-5-10-7-6-9(2)8-10;1-5(2,3)4/h2*6-8H,3-5H2,1-2H3;(H3,1,2,3,4)/q2*+1;/p-2. The van der Waals surface area contributed by atoms with Crippen molar-refractivity contribution >= 4 is 7.82 Å². The Balaban J connectivity index is 0.000000368. The van der Waals surface area contributed by atoms with Crippen LogP contribution in [0.5, 0.6) is 0 Å². The summed E-state index contributed by atoms with van der Waals surface area (Å²) in [5, 5.41) is 0. The van der Waals surface area contributed by atoms with E-state index in [2.05, 4.69) is 69.6 Å². The minimum atomic E-state index is -5.14. The van der Waals surface area contributed by atoms with Crippen LogP contribution in [-0.4, -0.2) is 14.0 Å². The van der Waals surface area contributed by atoms with Gasteiger partial charge in [-0.05, 0) is 12.8 Å². The Bertz CT molecular complexity index is 569. The van der Waals surface area contributed by atoms with Gasteiger partial charge in [0.2, 0.25) is 12.7 Å². The lowest BCUT2D eigenvalue weighted by Crippen LogP contribution is -2.23. The molecule has 2 rings (SSSR count). The third kappa shape index (κ3) is 15.8. The van der Waals surface area contributed by atoms with E-state index in [1.54, 1.807) is 0 Å². The molecule has 0 unspecified atom stereocenters. The van der Waals surface area contributed by atoms with Crippen LogP contribution < -0.4 is 18.9 Å². The normalized spacial score (nSPS) is 10.5. The largest absolute Gasteiger partial charge is 0.790 e. The molecule has 0 saturated carbocycles. The molecule has 2 heterocycles. The van der Waals surface area contributed by atoms with Crippen LogP contribution in [0.25, 0.3) is 0 Å². The van der Waals surface area contributed by atoms with E-state index in [0.717, 1.165) is 13.1 Å². The van der Waals surface area contributed by atoms with Crippen molar-refractivity contribution in [3.63, 3.8) is 0 Å². The van der Waals surface area contributed by atoms with Crippen LogP contribution in [0.1, 0.15) is 39.5 Å². The van der Waals surface area contributed by atoms with Crippen LogP contribution in [-0.2, 0) is 31.7 Å². The fourth-order valence-corrected chi connectivity index (χ4v) is 1.95. The van der Waals surface area contributed by atoms with E-state index in [-0.39, 0.29) is 0 Å². The van der Waals surface area contributed by atoms with Crippen molar-refractivity contribution in [2.45, 2.75) is 52.6 Å². The van der Waals surface area contributed by atoms with Gasteiger partial charge in [-0.1, -0.05) is 26.7 Å². The van der Waals surface area contributed by atoms with E-state index in [0.29, 0.717) is 0 Å². The second-order valence-corrected chi connectivity index (χ2v) is 6.75. The van der Waals surface area contributed by atoms with Gasteiger partial charge >= 0.3 is 0 Å². The van der Waals surface area contributed by atoms with E-state index >= 15 is 0 Å². The summed E-state index contributed by atoms with van der Waals surface area (Å²) in [7, 11) is -1.05. The van der Waals surface area contributed by atoms with Gasteiger partial charge < -0.3 is 19.2 Å². The highest BCUT2D eigenvalue weighted by Crippen LogP contribution is 2.11. The topological polar surface area (TPSA) is 101 Å². The second kappa shape index (κ2) is 12.8. The summed E-state index contributed by atoms with van der Waals surface area (Å²) in [5.74, 6) is 0. The number of nitrogens with zero attached hydrogens (tertiary/aromatic N) is 4. The molecule has 25 heavy (non-hydrogen) atoms. The molecule has 0 aliphatic rings. The molecule has 0 spiro atoms. The van der Waals surface area contributed by atoms with Crippen LogP contribution in [0, 0.1) is 0 Å². The number of phosphoric acid groups is 1. The van der Waals surface area contributed by atoms with Gasteiger partial charge in [0.15, 0.2) is 0 Å². The summed E-state index contributed by atoms with van der Waals surface area (Å²) in [4.78, 5) is 24.3. The molecular formula is C16H31N4O4P.